The van der Waals surface area contributed by atoms with Crippen molar-refractivity contribution in [2.75, 3.05) is 5.75 Å². The first-order chi connectivity index (χ1) is 11.6. The lowest BCUT2D eigenvalue weighted by atomic mass is 9.82. The molecule has 3 aromatic rings. The van der Waals surface area contributed by atoms with Crippen LogP contribution >= 0.6 is 11.8 Å². The number of rotatable bonds is 3. The molecule has 0 saturated heterocycles. The zero-order chi connectivity index (χ0) is 16.7. The second-order valence-corrected chi connectivity index (χ2v) is 6.98. The van der Waals surface area contributed by atoms with Gasteiger partial charge in [0.2, 0.25) is 5.16 Å². The Morgan fingerprint density at radius 3 is 2.79 bits per heavy atom. The molecule has 0 unspecified atom stereocenters. The molecule has 0 fully saturated rings. The molecule has 1 atom stereocenters. The quantitative estimate of drug-likeness (QED) is 0.684. The van der Waals surface area contributed by atoms with Crippen LogP contribution in [0.1, 0.15) is 40.9 Å². The van der Waals surface area contributed by atoms with Gasteiger partial charge in [-0.25, -0.2) is 13.9 Å². The third kappa shape index (κ3) is 2.69. The van der Waals surface area contributed by atoms with Gasteiger partial charge in [-0.05, 0) is 35.8 Å². The Morgan fingerprint density at radius 2 is 2.04 bits per heavy atom. The maximum absolute atomic E-state index is 13.1. The summed E-state index contributed by atoms with van der Waals surface area (Å²) in [7, 11) is 0. The van der Waals surface area contributed by atoms with Crippen molar-refractivity contribution in [1.29, 1.82) is 0 Å². The Balaban J connectivity index is 1.72. The predicted octanol–water partition coefficient (Wildman–Crippen LogP) is 3.29. The van der Waals surface area contributed by atoms with E-state index in [0.29, 0.717) is 29.3 Å². The highest BCUT2D eigenvalue weighted by molar-refractivity contribution is 7.99. The van der Waals surface area contributed by atoms with Gasteiger partial charge in [0.05, 0.1) is 11.3 Å². The van der Waals surface area contributed by atoms with Crippen molar-refractivity contribution in [1.82, 2.24) is 19.6 Å². The molecule has 0 bridgehead atoms. The van der Waals surface area contributed by atoms with Crippen molar-refractivity contribution in [3.8, 4) is 0 Å². The monoisotopic (exact) mass is 342 g/mol. The lowest BCUT2D eigenvalue weighted by Gasteiger charge is -2.23. The topological polar surface area (TPSA) is 60.1 Å². The van der Waals surface area contributed by atoms with E-state index in [0.717, 1.165) is 17.0 Å². The van der Waals surface area contributed by atoms with Crippen molar-refractivity contribution in [2.24, 2.45) is 0 Å². The fourth-order valence-corrected chi connectivity index (χ4v) is 3.58. The van der Waals surface area contributed by atoms with Gasteiger partial charge in [0, 0.05) is 12.6 Å². The van der Waals surface area contributed by atoms with E-state index in [1.807, 2.05) is 6.92 Å². The number of thioether (sulfide) groups is 1. The van der Waals surface area contributed by atoms with Crippen molar-refractivity contribution in [3.63, 3.8) is 0 Å². The van der Waals surface area contributed by atoms with Crippen molar-refractivity contribution >= 4 is 23.3 Å². The molecule has 1 aliphatic rings. The average Bonchev–Trinajstić information content (AvgIpc) is 2.95. The number of aromatic nitrogens is 4. The molecule has 0 radical (unpaired) electrons. The van der Waals surface area contributed by atoms with Crippen LogP contribution in [0, 0.1) is 5.82 Å². The Labute approximate surface area is 142 Å². The van der Waals surface area contributed by atoms with Gasteiger partial charge in [-0.3, -0.25) is 4.79 Å². The summed E-state index contributed by atoms with van der Waals surface area (Å²) < 4.78 is 14.7. The molecule has 1 aliphatic carbocycles. The number of carbonyl (C=O) groups is 1. The normalized spacial score (nSPS) is 17.2. The summed E-state index contributed by atoms with van der Waals surface area (Å²) >= 11 is 1.54. The molecule has 0 N–H and O–H groups in total. The van der Waals surface area contributed by atoms with Crippen LogP contribution in [0.3, 0.4) is 0 Å². The minimum atomic E-state index is -0.273. The number of hydrogen-bond donors (Lipinski definition) is 0. The first kappa shape index (κ1) is 15.3. The van der Waals surface area contributed by atoms with Crippen molar-refractivity contribution < 1.29 is 9.18 Å². The van der Waals surface area contributed by atoms with Crippen LogP contribution in [0.5, 0.6) is 0 Å². The van der Waals surface area contributed by atoms with Gasteiger partial charge in [0.25, 0.3) is 5.78 Å². The lowest BCUT2D eigenvalue weighted by Crippen LogP contribution is -2.21. The van der Waals surface area contributed by atoms with Crippen LogP contribution in [0.25, 0.3) is 5.78 Å². The largest absolute Gasteiger partial charge is 0.294 e. The second kappa shape index (κ2) is 5.98. The van der Waals surface area contributed by atoms with Gasteiger partial charge in [0.1, 0.15) is 5.82 Å². The summed E-state index contributed by atoms with van der Waals surface area (Å²) in [6.45, 7) is 2.03. The number of carbonyl (C=O) groups excluding carboxylic acids is 1. The molecule has 7 heteroatoms. The van der Waals surface area contributed by atoms with Crippen LogP contribution < -0.4 is 0 Å². The summed E-state index contributed by atoms with van der Waals surface area (Å²) in [5.41, 5.74) is 2.31. The molecule has 0 aliphatic heterocycles. The summed E-state index contributed by atoms with van der Waals surface area (Å²) in [6, 6.07) is 6.34. The SMILES string of the molecule is CCSc1nc2nc3c(cn2n1)C(=O)C[C@H](c1ccc(F)cc1)C3. The van der Waals surface area contributed by atoms with Gasteiger partial charge in [-0.1, -0.05) is 30.8 Å². The summed E-state index contributed by atoms with van der Waals surface area (Å²) in [5.74, 6) is 1.18. The molecule has 2 aromatic heterocycles. The Morgan fingerprint density at radius 1 is 1.25 bits per heavy atom. The van der Waals surface area contributed by atoms with Gasteiger partial charge in [-0.15, -0.1) is 5.10 Å². The number of ketones is 1. The molecule has 24 heavy (non-hydrogen) atoms. The second-order valence-electron chi connectivity index (χ2n) is 5.75. The van der Waals surface area contributed by atoms with Crippen molar-refractivity contribution in [2.45, 2.75) is 30.8 Å². The highest BCUT2D eigenvalue weighted by atomic mass is 32.2. The van der Waals surface area contributed by atoms with Gasteiger partial charge >= 0.3 is 0 Å². The minimum absolute atomic E-state index is 0.0213. The first-order valence-corrected chi connectivity index (χ1v) is 8.80. The molecule has 1 aromatic carbocycles. The molecule has 0 spiro atoms. The zero-order valence-corrected chi connectivity index (χ0v) is 13.9. The minimum Gasteiger partial charge on any atom is -0.294 e. The molecule has 122 valence electrons. The van der Waals surface area contributed by atoms with Crippen LogP contribution in [0.15, 0.2) is 35.6 Å². The lowest BCUT2D eigenvalue weighted by molar-refractivity contribution is 0.0962. The molecular formula is C17H15FN4OS. The molecule has 4 rings (SSSR count). The maximum Gasteiger partial charge on any atom is 0.253 e. The first-order valence-electron chi connectivity index (χ1n) is 7.82. The molecule has 0 saturated carbocycles. The molecule has 2 heterocycles. The summed E-state index contributed by atoms with van der Waals surface area (Å²) in [4.78, 5) is 21.5. The van der Waals surface area contributed by atoms with Crippen LogP contribution in [-0.2, 0) is 6.42 Å². The highest BCUT2D eigenvalue weighted by Gasteiger charge is 2.28. The molecular weight excluding hydrogens is 327 g/mol. The van der Waals surface area contributed by atoms with Crippen LogP contribution in [-0.4, -0.2) is 31.1 Å². The van der Waals surface area contributed by atoms with Crippen LogP contribution in [0.2, 0.25) is 0 Å². The van der Waals surface area contributed by atoms with E-state index in [2.05, 4.69) is 15.1 Å². The number of benzene rings is 1. The summed E-state index contributed by atoms with van der Waals surface area (Å²) in [6.07, 6.45) is 2.77. The number of Topliss-reactive ketones (excluding diaryl/α,β-unsaturated/α-hetero) is 1. The third-order valence-electron chi connectivity index (χ3n) is 4.18. The van der Waals surface area contributed by atoms with Gasteiger partial charge in [0.15, 0.2) is 5.78 Å². The smallest absolute Gasteiger partial charge is 0.253 e. The number of nitrogens with zero attached hydrogens (tertiary/aromatic N) is 4. The standard InChI is InChI=1S/C17H15FN4OS/c1-2-24-17-20-16-19-14-7-11(10-3-5-12(18)6-4-10)8-15(23)13(14)9-22(16)21-17/h3-6,9,11H,2,7-8H2,1H3/t11-/m1/s1. The van der Waals surface area contributed by atoms with E-state index >= 15 is 0 Å². The zero-order valence-electron chi connectivity index (χ0n) is 13.1. The van der Waals surface area contributed by atoms with E-state index in [9.17, 15) is 9.18 Å². The van der Waals surface area contributed by atoms with E-state index in [-0.39, 0.29) is 17.5 Å². The van der Waals surface area contributed by atoms with E-state index in [4.69, 9.17) is 0 Å². The number of halogens is 1. The van der Waals surface area contributed by atoms with E-state index < -0.39 is 0 Å². The van der Waals surface area contributed by atoms with Crippen molar-refractivity contribution in [3.05, 3.63) is 53.1 Å². The Kier molecular flexibility index (Phi) is 3.80. The maximum atomic E-state index is 13.1. The number of fused-ring (bicyclic) bond motifs is 2. The van der Waals surface area contributed by atoms with E-state index in [1.54, 1.807) is 22.8 Å². The highest BCUT2D eigenvalue weighted by Crippen LogP contribution is 2.32. The van der Waals surface area contributed by atoms with Crippen LogP contribution in [0.4, 0.5) is 4.39 Å². The Bertz CT molecular complexity index is 922. The summed E-state index contributed by atoms with van der Waals surface area (Å²) in [5, 5.41) is 5.01. The number of hydrogen-bond acceptors (Lipinski definition) is 5. The van der Waals surface area contributed by atoms with Gasteiger partial charge in [-0.2, -0.15) is 4.98 Å². The fourth-order valence-electron chi connectivity index (χ4n) is 3.03. The molecule has 5 nitrogen and oxygen atoms in total. The molecule has 0 amide bonds. The van der Waals surface area contributed by atoms with Gasteiger partial charge < -0.3 is 0 Å². The van der Waals surface area contributed by atoms with E-state index in [1.165, 1.54) is 23.9 Å². The third-order valence-corrected chi connectivity index (χ3v) is 4.90. The predicted molar refractivity (Wildman–Crippen MR) is 89.0 cm³/mol. The fraction of sp³-hybridized carbons (Fsp3) is 0.294. The Hall–Kier alpha value is -2.28. The average molecular weight is 342 g/mol.